The Morgan fingerprint density at radius 3 is 2.48 bits per heavy atom. The Balaban J connectivity index is 1.45. The van der Waals surface area contributed by atoms with Gasteiger partial charge in [0.1, 0.15) is 28.8 Å². The average molecular weight is 629 g/mol. The third-order valence-corrected chi connectivity index (χ3v) is 8.67. The van der Waals surface area contributed by atoms with Gasteiger partial charge in [-0.05, 0) is 49.8 Å². The topological polar surface area (TPSA) is 96.8 Å². The van der Waals surface area contributed by atoms with E-state index in [4.69, 9.17) is 18.9 Å². The van der Waals surface area contributed by atoms with E-state index < -0.39 is 35.8 Å². The number of aromatic nitrogens is 2. The number of benzene rings is 2. The molecule has 2 heterocycles. The smallest absolute Gasteiger partial charge is 0.434 e. The van der Waals surface area contributed by atoms with Crippen LogP contribution in [0, 0.1) is 18.8 Å². The number of ether oxygens (including phenoxy) is 4. The molecule has 0 bridgehead atoms. The Bertz CT molecular complexity index is 1640. The highest BCUT2D eigenvalue weighted by atomic mass is 32.1. The summed E-state index contributed by atoms with van der Waals surface area (Å²) in [7, 11) is 2.83. The molecule has 1 aliphatic carbocycles. The van der Waals surface area contributed by atoms with Gasteiger partial charge in [-0.15, -0.1) is 11.3 Å². The van der Waals surface area contributed by atoms with Crippen LogP contribution >= 0.6 is 11.3 Å². The van der Waals surface area contributed by atoms with Gasteiger partial charge < -0.3 is 18.9 Å². The molecule has 2 aromatic heterocycles. The Morgan fingerprint density at radius 2 is 1.80 bits per heavy atom. The van der Waals surface area contributed by atoms with Crippen molar-refractivity contribution in [3.8, 4) is 22.2 Å². The van der Waals surface area contributed by atoms with Gasteiger partial charge in [0, 0.05) is 28.8 Å². The first-order valence-electron chi connectivity index (χ1n) is 14.0. The number of rotatable bonds is 9. The maximum atomic E-state index is 13.3. The maximum Gasteiger partial charge on any atom is 0.434 e. The van der Waals surface area contributed by atoms with Gasteiger partial charge in [0.25, 0.3) is 0 Å². The van der Waals surface area contributed by atoms with Crippen LogP contribution in [0.2, 0.25) is 0 Å². The Labute approximate surface area is 256 Å². The molecule has 0 amide bonds. The van der Waals surface area contributed by atoms with Gasteiger partial charge in [-0.1, -0.05) is 30.3 Å². The summed E-state index contributed by atoms with van der Waals surface area (Å²) in [5, 5.41) is 1.68. The molecule has 12 heteroatoms. The standard InChI is InChI=1S/C32H31F3N2O6S/c1-18-25(40-2)12-11-22-26(15-24(36-29(18)22)30-37-27(17-44-30)32(33,34)35)43-21-10-9-20(13-28(38)41-3)23(14-21)31(39)42-16-19-7-5-4-6-8-19/h4-8,11-12,15,17,20-21,23H,9-10,13-14,16H2,1-3H3. The van der Waals surface area contributed by atoms with Crippen LogP contribution < -0.4 is 9.47 Å². The summed E-state index contributed by atoms with van der Waals surface area (Å²) < 4.78 is 62.5. The fraction of sp³-hybridized carbons (Fsp3) is 0.375. The Hall–Kier alpha value is -4.19. The molecule has 3 unspecified atom stereocenters. The van der Waals surface area contributed by atoms with Crippen molar-refractivity contribution in [2.45, 2.75) is 51.5 Å². The van der Waals surface area contributed by atoms with E-state index in [1.165, 1.54) is 14.2 Å². The van der Waals surface area contributed by atoms with Gasteiger partial charge in [0.15, 0.2) is 5.69 Å². The fourth-order valence-electron chi connectivity index (χ4n) is 5.48. The number of alkyl halides is 3. The van der Waals surface area contributed by atoms with Crippen LogP contribution in [0.5, 0.6) is 11.5 Å². The van der Waals surface area contributed by atoms with Crippen molar-refractivity contribution in [3.05, 3.63) is 70.7 Å². The molecule has 2 aromatic carbocycles. The van der Waals surface area contributed by atoms with Gasteiger partial charge >= 0.3 is 18.1 Å². The molecular formula is C32H31F3N2O6S. The Morgan fingerprint density at radius 1 is 1.02 bits per heavy atom. The molecule has 232 valence electrons. The molecular weight excluding hydrogens is 597 g/mol. The molecule has 1 aliphatic rings. The minimum Gasteiger partial charge on any atom is -0.496 e. The van der Waals surface area contributed by atoms with E-state index in [2.05, 4.69) is 9.97 Å². The number of hydrogen-bond acceptors (Lipinski definition) is 9. The van der Waals surface area contributed by atoms with E-state index >= 15 is 0 Å². The minimum atomic E-state index is -4.59. The van der Waals surface area contributed by atoms with Gasteiger partial charge in [-0.2, -0.15) is 13.2 Å². The lowest BCUT2D eigenvalue weighted by molar-refractivity contribution is -0.156. The molecule has 1 fully saturated rings. The molecule has 8 nitrogen and oxygen atoms in total. The first-order chi connectivity index (χ1) is 21.1. The van der Waals surface area contributed by atoms with Crippen molar-refractivity contribution >= 4 is 34.2 Å². The van der Waals surface area contributed by atoms with Crippen molar-refractivity contribution in [1.29, 1.82) is 0 Å². The van der Waals surface area contributed by atoms with E-state index in [0.717, 1.165) is 22.3 Å². The summed E-state index contributed by atoms with van der Waals surface area (Å²) in [6.45, 7) is 1.90. The van der Waals surface area contributed by atoms with Gasteiger partial charge in [-0.25, -0.2) is 9.97 Å². The minimum absolute atomic E-state index is 0.0707. The molecule has 0 aliphatic heterocycles. The quantitative estimate of drug-likeness (QED) is 0.180. The molecule has 0 spiro atoms. The number of halogens is 3. The summed E-state index contributed by atoms with van der Waals surface area (Å²) in [5.74, 6) is -0.803. The van der Waals surface area contributed by atoms with Crippen molar-refractivity contribution in [3.63, 3.8) is 0 Å². The number of esters is 2. The van der Waals surface area contributed by atoms with E-state index in [-0.39, 0.29) is 36.1 Å². The van der Waals surface area contributed by atoms with Gasteiger partial charge in [0.05, 0.1) is 31.8 Å². The number of aryl methyl sites for hydroxylation is 1. The number of fused-ring (bicyclic) bond motifs is 1. The highest BCUT2D eigenvalue weighted by Gasteiger charge is 2.39. The molecule has 4 aromatic rings. The summed E-state index contributed by atoms with van der Waals surface area (Å²) in [4.78, 5) is 33.9. The second kappa shape index (κ2) is 13.2. The van der Waals surface area contributed by atoms with E-state index in [1.807, 2.05) is 37.3 Å². The van der Waals surface area contributed by atoms with Crippen LogP contribution in [-0.4, -0.2) is 42.2 Å². The normalized spacial score (nSPS) is 18.5. The van der Waals surface area contributed by atoms with Crippen molar-refractivity contribution < 1.29 is 41.7 Å². The van der Waals surface area contributed by atoms with Crippen LogP contribution in [0.3, 0.4) is 0 Å². The number of hydrogen-bond donors (Lipinski definition) is 0. The molecule has 0 N–H and O–H groups in total. The lowest BCUT2D eigenvalue weighted by Gasteiger charge is -2.34. The SMILES string of the molecule is COC(=O)CC1CCC(Oc2cc(-c3nc(C(F)(F)F)cs3)nc3c(C)c(OC)ccc23)CC1C(=O)OCc1ccccc1. The molecule has 3 atom stereocenters. The maximum absolute atomic E-state index is 13.3. The molecule has 0 saturated heterocycles. The highest BCUT2D eigenvalue weighted by Crippen LogP contribution is 2.41. The third kappa shape index (κ3) is 6.96. The van der Waals surface area contributed by atoms with E-state index in [1.54, 1.807) is 18.2 Å². The average Bonchev–Trinajstić information content (AvgIpc) is 3.53. The van der Waals surface area contributed by atoms with Crippen LogP contribution in [0.15, 0.2) is 53.9 Å². The third-order valence-electron chi connectivity index (χ3n) is 7.80. The summed E-state index contributed by atoms with van der Waals surface area (Å²) >= 11 is 0.839. The van der Waals surface area contributed by atoms with Crippen LogP contribution in [0.1, 0.15) is 42.5 Å². The van der Waals surface area contributed by atoms with Crippen molar-refractivity contribution in [2.75, 3.05) is 14.2 Å². The van der Waals surface area contributed by atoms with Crippen LogP contribution in [0.25, 0.3) is 21.6 Å². The predicted octanol–water partition coefficient (Wildman–Crippen LogP) is 7.16. The van der Waals surface area contributed by atoms with Gasteiger partial charge in [0.2, 0.25) is 0 Å². The lowest BCUT2D eigenvalue weighted by Crippen LogP contribution is -2.37. The number of carbonyl (C=O) groups excluding carboxylic acids is 2. The van der Waals surface area contributed by atoms with E-state index in [0.29, 0.717) is 40.8 Å². The molecule has 5 rings (SSSR count). The van der Waals surface area contributed by atoms with Crippen LogP contribution in [0.4, 0.5) is 13.2 Å². The Kier molecular flexibility index (Phi) is 9.38. The molecule has 44 heavy (non-hydrogen) atoms. The number of carbonyl (C=O) groups is 2. The zero-order chi connectivity index (χ0) is 31.4. The van der Waals surface area contributed by atoms with Crippen LogP contribution in [-0.2, 0) is 31.8 Å². The highest BCUT2D eigenvalue weighted by molar-refractivity contribution is 7.13. The summed E-state index contributed by atoms with van der Waals surface area (Å²) in [6, 6.07) is 14.4. The monoisotopic (exact) mass is 628 g/mol. The second-order valence-corrected chi connectivity index (χ2v) is 11.5. The van der Waals surface area contributed by atoms with Gasteiger partial charge in [-0.3, -0.25) is 9.59 Å². The first kappa shape index (κ1) is 31.2. The first-order valence-corrected chi connectivity index (χ1v) is 14.9. The van der Waals surface area contributed by atoms with Crippen molar-refractivity contribution in [2.24, 2.45) is 11.8 Å². The zero-order valence-corrected chi connectivity index (χ0v) is 25.2. The molecule has 0 radical (unpaired) electrons. The number of pyridine rings is 1. The fourth-order valence-corrected chi connectivity index (χ4v) is 6.26. The number of thiazole rings is 1. The summed E-state index contributed by atoms with van der Waals surface area (Å²) in [6.07, 6.45) is -3.64. The lowest BCUT2D eigenvalue weighted by atomic mass is 9.76. The number of methoxy groups -OCH3 is 2. The summed E-state index contributed by atoms with van der Waals surface area (Å²) in [5.41, 5.74) is 1.26. The molecule has 1 saturated carbocycles. The number of nitrogens with zero attached hydrogens (tertiary/aromatic N) is 2. The zero-order valence-electron chi connectivity index (χ0n) is 24.3. The largest absolute Gasteiger partial charge is 0.496 e. The predicted molar refractivity (Wildman–Crippen MR) is 157 cm³/mol. The van der Waals surface area contributed by atoms with Crippen molar-refractivity contribution in [1.82, 2.24) is 9.97 Å². The second-order valence-electron chi connectivity index (χ2n) is 10.6. The van der Waals surface area contributed by atoms with E-state index in [9.17, 15) is 22.8 Å².